The van der Waals surface area contributed by atoms with Gasteiger partial charge in [0, 0.05) is 17.4 Å². The van der Waals surface area contributed by atoms with Gasteiger partial charge in [0.2, 0.25) is 11.8 Å². The molecule has 2 aliphatic rings. The van der Waals surface area contributed by atoms with Crippen LogP contribution < -0.4 is 5.32 Å². The first-order valence-electron chi connectivity index (χ1n) is 9.05. The number of nitriles is 1. The van der Waals surface area contributed by atoms with Gasteiger partial charge < -0.3 is 10.2 Å². The number of nitrogens with zero attached hydrogens (tertiary/aromatic N) is 2. The van der Waals surface area contributed by atoms with Gasteiger partial charge in [0.05, 0.1) is 23.4 Å². The highest BCUT2D eigenvalue weighted by atomic mass is 32.2. The largest absolute Gasteiger partial charge is 0.391 e. The van der Waals surface area contributed by atoms with Gasteiger partial charge in [-0.25, -0.2) is 0 Å². The summed E-state index contributed by atoms with van der Waals surface area (Å²) in [6.07, 6.45) is -3.64. The van der Waals surface area contributed by atoms with Crippen LogP contribution in [-0.2, 0) is 9.59 Å². The second kappa shape index (κ2) is 8.43. The minimum absolute atomic E-state index is 0.0602. The lowest BCUT2D eigenvalue weighted by Gasteiger charge is -2.33. The number of rotatable bonds is 3. The molecular formula is C19H20F3N3O2S. The Kier molecular flexibility index (Phi) is 6.18. The molecule has 3 rings (SSSR count). The summed E-state index contributed by atoms with van der Waals surface area (Å²) in [7, 11) is 0. The standard InChI is InChI=1S/C19H20F3N3O2S/c20-19(21,22)14-3-1-2-13(8-14)18(27)25-11-28-10-16(25)17(26)24-15-6-4-12(9-23)5-7-15/h4-7,13-14,16H,1-3,8,10-11H2,(H,24,26). The maximum Gasteiger partial charge on any atom is 0.391 e. The van der Waals surface area contributed by atoms with Crippen molar-refractivity contribution < 1.29 is 22.8 Å². The van der Waals surface area contributed by atoms with Crippen LogP contribution in [0.3, 0.4) is 0 Å². The first kappa shape index (κ1) is 20.5. The lowest BCUT2D eigenvalue weighted by molar-refractivity contribution is -0.187. The van der Waals surface area contributed by atoms with Gasteiger partial charge in [0.1, 0.15) is 6.04 Å². The van der Waals surface area contributed by atoms with Crippen molar-refractivity contribution >= 4 is 29.3 Å². The van der Waals surface area contributed by atoms with Crippen LogP contribution in [0, 0.1) is 23.2 Å². The third-order valence-electron chi connectivity index (χ3n) is 5.24. The van der Waals surface area contributed by atoms with Crippen LogP contribution >= 0.6 is 11.8 Å². The zero-order chi connectivity index (χ0) is 20.3. The lowest BCUT2D eigenvalue weighted by Crippen LogP contribution is -2.48. The Morgan fingerprint density at radius 1 is 1.21 bits per heavy atom. The SMILES string of the molecule is N#Cc1ccc(NC(=O)C2CSCN2C(=O)C2CCCC(C(F)(F)F)C2)cc1. The second-order valence-electron chi connectivity index (χ2n) is 7.10. The Morgan fingerprint density at radius 2 is 1.93 bits per heavy atom. The number of carbonyl (C=O) groups is 2. The molecule has 28 heavy (non-hydrogen) atoms. The normalized spacial score (nSPS) is 25.2. The van der Waals surface area contributed by atoms with Gasteiger partial charge in [-0.2, -0.15) is 18.4 Å². The minimum Gasteiger partial charge on any atom is -0.324 e. The molecule has 1 aliphatic carbocycles. The van der Waals surface area contributed by atoms with Crippen LogP contribution in [0.5, 0.6) is 0 Å². The minimum atomic E-state index is -4.29. The average Bonchev–Trinajstić information content (AvgIpc) is 3.17. The summed E-state index contributed by atoms with van der Waals surface area (Å²) >= 11 is 1.41. The summed E-state index contributed by atoms with van der Waals surface area (Å²) in [6, 6.07) is 7.61. The summed E-state index contributed by atoms with van der Waals surface area (Å²) in [5.74, 6) is -2.16. The third-order valence-corrected chi connectivity index (χ3v) is 6.25. The molecule has 5 nitrogen and oxygen atoms in total. The summed E-state index contributed by atoms with van der Waals surface area (Å²) < 4.78 is 39.1. The molecule has 0 aromatic heterocycles. The first-order valence-corrected chi connectivity index (χ1v) is 10.2. The zero-order valence-corrected chi connectivity index (χ0v) is 15.9. The zero-order valence-electron chi connectivity index (χ0n) is 15.0. The van der Waals surface area contributed by atoms with Crippen LogP contribution in [0.4, 0.5) is 18.9 Å². The second-order valence-corrected chi connectivity index (χ2v) is 8.10. The molecule has 3 atom stereocenters. The maximum atomic E-state index is 13.0. The summed E-state index contributed by atoms with van der Waals surface area (Å²) in [5.41, 5.74) is 0.964. The summed E-state index contributed by atoms with van der Waals surface area (Å²) in [4.78, 5) is 26.9. The van der Waals surface area contributed by atoms with Gasteiger partial charge in [-0.1, -0.05) is 6.42 Å². The molecular weight excluding hydrogens is 391 g/mol. The topological polar surface area (TPSA) is 73.2 Å². The van der Waals surface area contributed by atoms with Crippen LogP contribution in [0.15, 0.2) is 24.3 Å². The number of carbonyl (C=O) groups excluding carboxylic acids is 2. The van der Waals surface area contributed by atoms with Crippen molar-refractivity contribution in [1.82, 2.24) is 4.90 Å². The Balaban J connectivity index is 1.65. The number of nitrogens with one attached hydrogen (secondary N) is 1. The fourth-order valence-corrected chi connectivity index (χ4v) is 4.84. The number of halogens is 3. The lowest BCUT2D eigenvalue weighted by atomic mass is 9.80. The van der Waals surface area contributed by atoms with Crippen molar-refractivity contribution in [1.29, 1.82) is 5.26 Å². The number of benzene rings is 1. The molecule has 0 radical (unpaired) electrons. The Morgan fingerprint density at radius 3 is 2.57 bits per heavy atom. The van der Waals surface area contributed by atoms with Crippen LogP contribution in [0.2, 0.25) is 0 Å². The van der Waals surface area contributed by atoms with Crippen molar-refractivity contribution in [2.24, 2.45) is 11.8 Å². The average molecular weight is 411 g/mol. The van der Waals surface area contributed by atoms with Gasteiger partial charge in [-0.15, -0.1) is 11.8 Å². The highest BCUT2D eigenvalue weighted by Crippen LogP contribution is 2.41. The molecule has 0 bridgehead atoms. The fourth-order valence-electron chi connectivity index (χ4n) is 3.68. The number of thioether (sulfide) groups is 1. The number of hydrogen-bond acceptors (Lipinski definition) is 4. The molecule has 1 N–H and O–H groups in total. The summed E-state index contributed by atoms with van der Waals surface area (Å²) in [6.45, 7) is 0. The van der Waals surface area contributed by atoms with E-state index in [1.165, 1.54) is 16.7 Å². The smallest absolute Gasteiger partial charge is 0.324 e. The van der Waals surface area contributed by atoms with Crippen LogP contribution in [-0.4, -0.2) is 40.6 Å². The van der Waals surface area contributed by atoms with Crippen LogP contribution in [0.1, 0.15) is 31.2 Å². The number of hydrogen-bond donors (Lipinski definition) is 1. The molecule has 1 aliphatic heterocycles. The van der Waals surface area contributed by atoms with Gasteiger partial charge in [0.25, 0.3) is 0 Å². The quantitative estimate of drug-likeness (QED) is 0.822. The van der Waals surface area contributed by atoms with E-state index in [1.54, 1.807) is 24.3 Å². The molecule has 150 valence electrons. The molecule has 1 saturated heterocycles. The number of amides is 2. The van der Waals surface area contributed by atoms with Crippen LogP contribution in [0.25, 0.3) is 0 Å². The fraction of sp³-hybridized carbons (Fsp3) is 0.526. The predicted octanol–water partition coefficient (Wildman–Crippen LogP) is 3.77. The number of alkyl halides is 3. The molecule has 2 amide bonds. The van der Waals surface area contributed by atoms with Gasteiger partial charge >= 0.3 is 6.18 Å². The third kappa shape index (κ3) is 4.61. The van der Waals surface area contributed by atoms with E-state index in [-0.39, 0.29) is 24.7 Å². The van der Waals surface area contributed by atoms with E-state index in [2.05, 4.69) is 5.32 Å². The molecule has 0 spiro atoms. The molecule has 1 saturated carbocycles. The van der Waals surface area contributed by atoms with Crippen molar-refractivity contribution in [3.63, 3.8) is 0 Å². The van der Waals surface area contributed by atoms with E-state index >= 15 is 0 Å². The van der Waals surface area contributed by atoms with Gasteiger partial charge in [0.15, 0.2) is 0 Å². The molecule has 2 fully saturated rings. The van der Waals surface area contributed by atoms with E-state index in [0.29, 0.717) is 35.7 Å². The molecule has 9 heteroatoms. The van der Waals surface area contributed by atoms with Crippen molar-refractivity contribution in [3.05, 3.63) is 29.8 Å². The maximum absolute atomic E-state index is 13.0. The Hall–Kier alpha value is -2.21. The highest BCUT2D eigenvalue weighted by Gasteiger charge is 2.46. The monoisotopic (exact) mass is 411 g/mol. The van der Waals surface area contributed by atoms with Crippen molar-refractivity contribution in [2.75, 3.05) is 16.9 Å². The van der Waals surface area contributed by atoms with Gasteiger partial charge in [-0.3, -0.25) is 9.59 Å². The Labute approximate surface area is 165 Å². The van der Waals surface area contributed by atoms with E-state index < -0.39 is 24.1 Å². The highest BCUT2D eigenvalue weighted by molar-refractivity contribution is 7.99. The molecule has 1 aromatic rings. The molecule has 1 heterocycles. The summed E-state index contributed by atoms with van der Waals surface area (Å²) in [5, 5.41) is 11.5. The first-order chi connectivity index (χ1) is 13.3. The number of anilines is 1. The molecule has 1 aromatic carbocycles. The predicted molar refractivity (Wildman–Crippen MR) is 99.2 cm³/mol. The van der Waals surface area contributed by atoms with E-state index in [1.807, 2.05) is 6.07 Å². The van der Waals surface area contributed by atoms with Gasteiger partial charge in [-0.05, 0) is 43.5 Å². The molecule has 3 unspecified atom stereocenters. The van der Waals surface area contributed by atoms with Crippen molar-refractivity contribution in [2.45, 2.75) is 37.9 Å². The van der Waals surface area contributed by atoms with E-state index in [9.17, 15) is 22.8 Å². The van der Waals surface area contributed by atoms with Crippen molar-refractivity contribution in [3.8, 4) is 6.07 Å². The van der Waals surface area contributed by atoms with E-state index in [4.69, 9.17) is 5.26 Å². The van der Waals surface area contributed by atoms with E-state index in [0.717, 1.165) is 0 Å². The Bertz CT molecular complexity index is 776.